The third kappa shape index (κ3) is 4.36. The molecule has 0 saturated carbocycles. The standard InChI is InChI=1S/C12H17BrN2O2/c1-2-3-4-7-17-11-6-5-9(8-10(11)13)12(16)15-14/h5-6,8H,2-4,7,14H2,1H3,(H,15,16). The fourth-order valence-electron chi connectivity index (χ4n) is 1.38. The summed E-state index contributed by atoms with van der Waals surface area (Å²) < 4.78 is 6.36. The second-order valence-electron chi connectivity index (χ2n) is 3.67. The number of halogens is 1. The van der Waals surface area contributed by atoms with Crippen LogP contribution in [0.2, 0.25) is 0 Å². The number of carbonyl (C=O) groups is 1. The van der Waals surface area contributed by atoms with Gasteiger partial charge in [0, 0.05) is 5.56 Å². The van der Waals surface area contributed by atoms with E-state index < -0.39 is 0 Å². The molecule has 0 aliphatic rings. The lowest BCUT2D eigenvalue weighted by Gasteiger charge is -2.09. The fourth-order valence-corrected chi connectivity index (χ4v) is 1.87. The summed E-state index contributed by atoms with van der Waals surface area (Å²) in [7, 11) is 0. The summed E-state index contributed by atoms with van der Waals surface area (Å²) in [5, 5.41) is 0. The highest BCUT2D eigenvalue weighted by Gasteiger charge is 2.07. The van der Waals surface area contributed by atoms with Crippen molar-refractivity contribution in [2.24, 2.45) is 5.84 Å². The van der Waals surface area contributed by atoms with Crippen LogP contribution < -0.4 is 16.0 Å². The first-order valence-corrected chi connectivity index (χ1v) is 6.41. The van der Waals surface area contributed by atoms with Crippen molar-refractivity contribution in [3.05, 3.63) is 28.2 Å². The highest BCUT2D eigenvalue weighted by atomic mass is 79.9. The van der Waals surface area contributed by atoms with Gasteiger partial charge in [-0.2, -0.15) is 0 Å². The van der Waals surface area contributed by atoms with E-state index in [-0.39, 0.29) is 5.91 Å². The van der Waals surface area contributed by atoms with Crippen molar-refractivity contribution in [2.75, 3.05) is 6.61 Å². The van der Waals surface area contributed by atoms with E-state index in [1.165, 1.54) is 6.42 Å². The monoisotopic (exact) mass is 300 g/mol. The van der Waals surface area contributed by atoms with Crippen LogP contribution in [0.3, 0.4) is 0 Å². The Bertz CT molecular complexity index is 383. The Morgan fingerprint density at radius 3 is 2.82 bits per heavy atom. The molecule has 4 nitrogen and oxygen atoms in total. The fraction of sp³-hybridized carbons (Fsp3) is 0.417. The number of hydrazine groups is 1. The molecule has 1 aromatic carbocycles. The first kappa shape index (κ1) is 14.0. The van der Waals surface area contributed by atoms with E-state index in [9.17, 15) is 4.79 Å². The normalized spacial score (nSPS) is 10.1. The van der Waals surface area contributed by atoms with Gasteiger partial charge in [-0.15, -0.1) is 0 Å². The predicted molar refractivity (Wildman–Crippen MR) is 70.8 cm³/mol. The molecule has 0 bridgehead atoms. The smallest absolute Gasteiger partial charge is 0.265 e. The van der Waals surface area contributed by atoms with E-state index in [0.717, 1.165) is 23.1 Å². The number of hydrogen-bond acceptors (Lipinski definition) is 3. The predicted octanol–water partition coefficient (Wildman–Crippen LogP) is 2.62. The second kappa shape index (κ2) is 7.29. The Kier molecular flexibility index (Phi) is 6.00. The minimum atomic E-state index is -0.316. The van der Waals surface area contributed by atoms with E-state index in [1.54, 1.807) is 18.2 Å². The van der Waals surface area contributed by atoms with Crippen LogP contribution in [0.25, 0.3) is 0 Å². The van der Waals surface area contributed by atoms with Gasteiger partial charge in [-0.25, -0.2) is 5.84 Å². The van der Waals surface area contributed by atoms with Crippen LogP contribution in [0.4, 0.5) is 0 Å². The molecule has 1 amide bonds. The van der Waals surface area contributed by atoms with Crippen LogP contribution in [-0.2, 0) is 0 Å². The van der Waals surface area contributed by atoms with Crippen molar-refractivity contribution in [2.45, 2.75) is 26.2 Å². The Labute approximate surface area is 110 Å². The van der Waals surface area contributed by atoms with E-state index in [4.69, 9.17) is 10.6 Å². The van der Waals surface area contributed by atoms with Crippen molar-refractivity contribution in [3.8, 4) is 5.75 Å². The molecule has 94 valence electrons. The van der Waals surface area contributed by atoms with Gasteiger partial charge in [-0.3, -0.25) is 10.2 Å². The highest BCUT2D eigenvalue weighted by Crippen LogP contribution is 2.26. The summed E-state index contributed by atoms with van der Waals surface area (Å²) in [5.74, 6) is 5.49. The number of nitrogens with two attached hydrogens (primary N) is 1. The zero-order chi connectivity index (χ0) is 12.7. The van der Waals surface area contributed by atoms with E-state index in [0.29, 0.717) is 12.2 Å². The van der Waals surface area contributed by atoms with Crippen LogP contribution in [0.5, 0.6) is 5.75 Å². The van der Waals surface area contributed by atoms with Crippen LogP contribution >= 0.6 is 15.9 Å². The van der Waals surface area contributed by atoms with Crippen molar-refractivity contribution in [3.63, 3.8) is 0 Å². The lowest BCUT2D eigenvalue weighted by Crippen LogP contribution is -2.29. The topological polar surface area (TPSA) is 64.3 Å². The number of rotatable bonds is 6. The molecule has 0 aromatic heterocycles. The van der Waals surface area contributed by atoms with Crippen molar-refractivity contribution >= 4 is 21.8 Å². The van der Waals surface area contributed by atoms with Crippen molar-refractivity contribution < 1.29 is 9.53 Å². The van der Waals surface area contributed by atoms with Gasteiger partial charge in [0.15, 0.2) is 0 Å². The number of nitrogen functional groups attached to an aromatic ring is 1. The number of hydrogen-bond donors (Lipinski definition) is 2. The molecular weight excluding hydrogens is 284 g/mol. The Morgan fingerprint density at radius 1 is 1.47 bits per heavy atom. The quantitative estimate of drug-likeness (QED) is 0.367. The van der Waals surface area contributed by atoms with E-state index in [2.05, 4.69) is 28.3 Å². The second-order valence-corrected chi connectivity index (χ2v) is 4.53. The van der Waals surface area contributed by atoms with Gasteiger partial charge in [-0.1, -0.05) is 19.8 Å². The molecule has 0 heterocycles. The molecule has 0 unspecified atom stereocenters. The Hall–Kier alpha value is -1.07. The van der Waals surface area contributed by atoms with Crippen LogP contribution in [0.15, 0.2) is 22.7 Å². The van der Waals surface area contributed by atoms with Gasteiger partial charge in [0.1, 0.15) is 5.75 Å². The van der Waals surface area contributed by atoms with Crippen LogP contribution in [-0.4, -0.2) is 12.5 Å². The number of nitrogens with one attached hydrogen (secondary N) is 1. The zero-order valence-electron chi connectivity index (χ0n) is 9.83. The highest BCUT2D eigenvalue weighted by molar-refractivity contribution is 9.10. The molecule has 1 aromatic rings. The number of benzene rings is 1. The molecule has 0 fully saturated rings. The number of unbranched alkanes of at least 4 members (excludes halogenated alkanes) is 2. The summed E-state index contributed by atoms with van der Waals surface area (Å²) >= 11 is 3.37. The molecule has 0 aliphatic heterocycles. The average molecular weight is 301 g/mol. The van der Waals surface area contributed by atoms with Gasteiger partial charge in [0.05, 0.1) is 11.1 Å². The van der Waals surface area contributed by atoms with Gasteiger partial charge in [0.2, 0.25) is 0 Å². The summed E-state index contributed by atoms with van der Waals surface area (Å²) in [6, 6.07) is 5.14. The summed E-state index contributed by atoms with van der Waals surface area (Å²) in [6.07, 6.45) is 3.36. The third-order valence-corrected chi connectivity index (χ3v) is 2.95. The molecule has 0 radical (unpaired) electrons. The molecule has 0 aliphatic carbocycles. The Balaban J connectivity index is 2.60. The van der Waals surface area contributed by atoms with E-state index in [1.807, 2.05) is 0 Å². The lowest BCUT2D eigenvalue weighted by atomic mass is 10.2. The molecule has 1 rings (SSSR count). The number of ether oxygens (including phenoxy) is 1. The first-order valence-electron chi connectivity index (χ1n) is 5.62. The largest absolute Gasteiger partial charge is 0.492 e. The van der Waals surface area contributed by atoms with Crippen LogP contribution in [0.1, 0.15) is 36.5 Å². The maximum Gasteiger partial charge on any atom is 0.265 e. The maximum absolute atomic E-state index is 11.3. The molecule has 0 saturated heterocycles. The summed E-state index contributed by atoms with van der Waals surface area (Å²) in [5.41, 5.74) is 2.59. The summed E-state index contributed by atoms with van der Waals surface area (Å²) in [6.45, 7) is 2.84. The molecule has 3 N–H and O–H groups in total. The van der Waals surface area contributed by atoms with Crippen LogP contribution in [0, 0.1) is 0 Å². The molecular formula is C12H17BrN2O2. The van der Waals surface area contributed by atoms with Crippen molar-refractivity contribution in [1.29, 1.82) is 0 Å². The number of carbonyl (C=O) groups excluding carboxylic acids is 1. The summed E-state index contributed by atoms with van der Waals surface area (Å²) in [4.78, 5) is 11.3. The molecule has 0 spiro atoms. The van der Waals surface area contributed by atoms with E-state index >= 15 is 0 Å². The molecule has 5 heteroatoms. The molecule has 17 heavy (non-hydrogen) atoms. The minimum Gasteiger partial charge on any atom is -0.492 e. The third-order valence-electron chi connectivity index (χ3n) is 2.33. The first-order chi connectivity index (χ1) is 8.19. The zero-order valence-corrected chi connectivity index (χ0v) is 11.4. The number of amides is 1. The average Bonchev–Trinajstić information content (AvgIpc) is 2.35. The SMILES string of the molecule is CCCCCOc1ccc(C(=O)NN)cc1Br. The van der Waals surface area contributed by atoms with Gasteiger partial charge >= 0.3 is 0 Å². The van der Waals surface area contributed by atoms with Crippen molar-refractivity contribution in [1.82, 2.24) is 5.43 Å². The maximum atomic E-state index is 11.3. The van der Waals surface area contributed by atoms with Gasteiger partial charge in [-0.05, 0) is 40.5 Å². The minimum absolute atomic E-state index is 0.316. The Morgan fingerprint density at radius 2 is 2.24 bits per heavy atom. The van der Waals surface area contributed by atoms with Gasteiger partial charge < -0.3 is 4.74 Å². The lowest BCUT2D eigenvalue weighted by molar-refractivity contribution is 0.0953. The molecule has 0 atom stereocenters. The van der Waals surface area contributed by atoms with Gasteiger partial charge in [0.25, 0.3) is 5.91 Å².